The summed E-state index contributed by atoms with van der Waals surface area (Å²) in [6.45, 7) is 8.33. The van der Waals surface area contributed by atoms with E-state index >= 15 is 0 Å². The molecule has 1 saturated carbocycles. The number of carbonyl (C=O) groups is 1. The van der Waals surface area contributed by atoms with Crippen LogP contribution in [0, 0.1) is 5.41 Å². The summed E-state index contributed by atoms with van der Waals surface area (Å²) in [5.74, 6) is 0.606. The molecule has 1 unspecified atom stereocenters. The van der Waals surface area contributed by atoms with Crippen LogP contribution in [0.5, 0.6) is 0 Å². The number of nitrogens with zero attached hydrogens (tertiary/aromatic N) is 1. The molecule has 0 spiro atoms. The SMILES string of the molecule is CC(C)c1ocnc1C(=O)NC1(c2ccccc2)CC1(C)C. The van der Waals surface area contributed by atoms with Crippen molar-refractivity contribution in [3.8, 4) is 0 Å². The van der Waals surface area contributed by atoms with E-state index in [1.807, 2.05) is 32.0 Å². The smallest absolute Gasteiger partial charge is 0.274 e. The summed E-state index contributed by atoms with van der Waals surface area (Å²) in [7, 11) is 0. The molecule has 1 amide bonds. The second-order valence-corrected chi connectivity index (χ2v) is 7.01. The van der Waals surface area contributed by atoms with Crippen molar-refractivity contribution in [3.05, 3.63) is 53.7 Å². The first kappa shape index (κ1) is 14.8. The average Bonchev–Trinajstić information content (AvgIpc) is 2.87. The van der Waals surface area contributed by atoms with E-state index in [4.69, 9.17) is 4.42 Å². The van der Waals surface area contributed by atoms with Gasteiger partial charge in [-0.2, -0.15) is 0 Å². The number of rotatable bonds is 4. The molecule has 22 heavy (non-hydrogen) atoms. The van der Waals surface area contributed by atoms with Gasteiger partial charge in [-0.1, -0.05) is 58.0 Å². The third-order valence-electron chi connectivity index (χ3n) is 4.67. The van der Waals surface area contributed by atoms with Crippen LogP contribution in [0.2, 0.25) is 0 Å². The van der Waals surface area contributed by atoms with E-state index in [2.05, 4.69) is 36.3 Å². The standard InChI is InChI=1S/C18H22N2O2/c1-12(2)15-14(19-11-22-15)16(21)20-18(10-17(18,3)4)13-8-6-5-7-9-13/h5-9,11-12H,10H2,1-4H3,(H,20,21). The predicted octanol–water partition coefficient (Wildman–Crippen LogP) is 3.85. The van der Waals surface area contributed by atoms with Gasteiger partial charge in [-0.3, -0.25) is 4.79 Å². The van der Waals surface area contributed by atoms with Crippen molar-refractivity contribution in [2.75, 3.05) is 0 Å². The van der Waals surface area contributed by atoms with Crippen LogP contribution in [0.3, 0.4) is 0 Å². The maximum atomic E-state index is 12.7. The fourth-order valence-corrected chi connectivity index (χ4v) is 3.21. The van der Waals surface area contributed by atoms with E-state index in [-0.39, 0.29) is 22.8 Å². The van der Waals surface area contributed by atoms with Crippen LogP contribution in [0.15, 0.2) is 41.1 Å². The Morgan fingerprint density at radius 2 is 1.91 bits per heavy atom. The molecule has 1 N–H and O–H groups in total. The normalized spacial score (nSPS) is 22.6. The van der Waals surface area contributed by atoms with Crippen LogP contribution in [-0.4, -0.2) is 10.9 Å². The molecule has 4 heteroatoms. The lowest BCUT2D eigenvalue weighted by Crippen LogP contribution is -2.39. The fourth-order valence-electron chi connectivity index (χ4n) is 3.21. The van der Waals surface area contributed by atoms with Gasteiger partial charge in [-0.15, -0.1) is 0 Å². The van der Waals surface area contributed by atoms with Gasteiger partial charge in [0, 0.05) is 5.92 Å². The van der Waals surface area contributed by atoms with Gasteiger partial charge in [0.05, 0.1) is 5.54 Å². The first-order valence-electron chi connectivity index (χ1n) is 7.69. The quantitative estimate of drug-likeness (QED) is 0.932. The molecule has 4 nitrogen and oxygen atoms in total. The minimum absolute atomic E-state index is 0.0335. The molecule has 1 fully saturated rings. The number of aromatic nitrogens is 1. The van der Waals surface area contributed by atoms with Gasteiger partial charge in [0.25, 0.3) is 5.91 Å². The first-order valence-corrected chi connectivity index (χ1v) is 7.69. The van der Waals surface area contributed by atoms with Crippen LogP contribution < -0.4 is 5.32 Å². The van der Waals surface area contributed by atoms with E-state index in [0.29, 0.717) is 11.5 Å². The zero-order valence-corrected chi connectivity index (χ0v) is 13.5. The molecule has 0 bridgehead atoms. The van der Waals surface area contributed by atoms with Crippen molar-refractivity contribution in [1.82, 2.24) is 10.3 Å². The molecule has 116 valence electrons. The Bertz CT molecular complexity index is 688. The van der Waals surface area contributed by atoms with E-state index in [1.54, 1.807) is 0 Å². The molecular weight excluding hydrogens is 276 g/mol. The number of benzene rings is 1. The number of hydrogen-bond donors (Lipinski definition) is 1. The Morgan fingerprint density at radius 3 is 2.45 bits per heavy atom. The highest BCUT2D eigenvalue weighted by atomic mass is 16.3. The molecule has 1 aliphatic rings. The summed E-state index contributed by atoms with van der Waals surface area (Å²) in [4.78, 5) is 16.8. The number of carbonyl (C=O) groups excluding carboxylic acids is 1. The van der Waals surface area contributed by atoms with Gasteiger partial charge < -0.3 is 9.73 Å². The molecule has 0 radical (unpaired) electrons. The highest BCUT2D eigenvalue weighted by Gasteiger charge is 2.63. The number of oxazole rings is 1. The Labute approximate surface area is 130 Å². The summed E-state index contributed by atoms with van der Waals surface area (Å²) in [5.41, 5.74) is 1.25. The van der Waals surface area contributed by atoms with Gasteiger partial charge in [-0.25, -0.2) is 4.98 Å². The van der Waals surface area contributed by atoms with E-state index < -0.39 is 0 Å². The van der Waals surface area contributed by atoms with E-state index in [9.17, 15) is 4.79 Å². The monoisotopic (exact) mass is 298 g/mol. The molecule has 0 saturated heterocycles. The molecule has 1 aliphatic carbocycles. The molecule has 1 heterocycles. The Hall–Kier alpha value is -2.10. The van der Waals surface area contributed by atoms with Gasteiger partial charge in [-0.05, 0) is 17.4 Å². The lowest BCUT2D eigenvalue weighted by atomic mass is 9.95. The summed E-state index contributed by atoms with van der Waals surface area (Å²) < 4.78 is 5.37. The molecule has 3 rings (SSSR count). The minimum Gasteiger partial charge on any atom is -0.447 e. The van der Waals surface area contributed by atoms with Crippen LogP contribution in [0.4, 0.5) is 0 Å². The summed E-state index contributed by atoms with van der Waals surface area (Å²) in [5, 5.41) is 3.21. The Balaban J connectivity index is 1.90. The number of amides is 1. The van der Waals surface area contributed by atoms with Crippen molar-refractivity contribution < 1.29 is 9.21 Å². The van der Waals surface area contributed by atoms with Crippen LogP contribution in [-0.2, 0) is 5.54 Å². The van der Waals surface area contributed by atoms with E-state index in [1.165, 1.54) is 6.39 Å². The molecule has 1 aromatic heterocycles. The second-order valence-electron chi connectivity index (χ2n) is 7.01. The van der Waals surface area contributed by atoms with Gasteiger partial charge in [0.2, 0.25) is 0 Å². The molecule has 0 aliphatic heterocycles. The van der Waals surface area contributed by atoms with Crippen molar-refractivity contribution in [1.29, 1.82) is 0 Å². The summed E-state index contributed by atoms with van der Waals surface area (Å²) in [6, 6.07) is 10.1. The van der Waals surface area contributed by atoms with Gasteiger partial charge >= 0.3 is 0 Å². The lowest BCUT2D eigenvalue weighted by Gasteiger charge is -2.23. The summed E-state index contributed by atoms with van der Waals surface area (Å²) in [6.07, 6.45) is 2.27. The highest BCUT2D eigenvalue weighted by molar-refractivity contribution is 5.94. The maximum absolute atomic E-state index is 12.7. The number of nitrogens with one attached hydrogen (secondary N) is 1. The van der Waals surface area contributed by atoms with Crippen LogP contribution in [0.25, 0.3) is 0 Å². The molecule has 2 aromatic rings. The number of hydrogen-bond acceptors (Lipinski definition) is 3. The molecular formula is C18H22N2O2. The maximum Gasteiger partial charge on any atom is 0.274 e. The third-order valence-corrected chi connectivity index (χ3v) is 4.67. The first-order chi connectivity index (χ1) is 10.4. The van der Waals surface area contributed by atoms with Crippen molar-refractivity contribution in [2.24, 2.45) is 5.41 Å². The second kappa shape index (κ2) is 4.97. The fraction of sp³-hybridized carbons (Fsp3) is 0.444. The van der Waals surface area contributed by atoms with Crippen molar-refractivity contribution in [2.45, 2.75) is 45.6 Å². The molecule has 1 atom stereocenters. The van der Waals surface area contributed by atoms with Crippen molar-refractivity contribution in [3.63, 3.8) is 0 Å². The minimum atomic E-state index is -0.321. The lowest BCUT2D eigenvalue weighted by molar-refractivity contribution is 0.0913. The topological polar surface area (TPSA) is 55.1 Å². The third kappa shape index (κ3) is 2.23. The van der Waals surface area contributed by atoms with Crippen molar-refractivity contribution >= 4 is 5.91 Å². The molecule has 1 aromatic carbocycles. The zero-order valence-electron chi connectivity index (χ0n) is 13.5. The van der Waals surface area contributed by atoms with Gasteiger partial charge in [0.15, 0.2) is 12.1 Å². The predicted molar refractivity (Wildman–Crippen MR) is 84.6 cm³/mol. The average molecular weight is 298 g/mol. The Kier molecular flexibility index (Phi) is 3.35. The largest absolute Gasteiger partial charge is 0.447 e. The van der Waals surface area contributed by atoms with Crippen LogP contribution >= 0.6 is 0 Å². The summed E-state index contributed by atoms with van der Waals surface area (Å²) >= 11 is 0. The highest BCUT2D eigenvalue weighted by Crippen LogP contribution is 2.62. The zero-order chi connectivity index (χ0) is 16.0. The van der Waals surface area contributed by atoms with Crippen LogP contribution in [0.1, 0.15) is 61.8 Å². The Morgan fingerprint density at radius 1 is 1.27 bits per heavy atom. The van der Waals surface area contributed by atoms with E-state index in [0.717, 1.165) is 12.0 Å². The van der Waals surface area contributed by atoms with Gasteiger partial charge in [0.1, 0.15) is 5.76 Å².